The first-order valence-corrected chi connectivity index (χ1v) is 7.24. The average molecular weight is 333 g/mol. The number of urea groups is 1. The summed E-state index contributed by atoms with van der Waals surface area (Å²) in [6.07, 6.45) is 0. The lowest BCUT2D eigenvalue weighted by molar-refractivity contribution is 0.249. The molecule has 0 heterocycles. The lowest BCUT2D eigenvalue weighted by atomic mass is 10.1. The van der Waals surface area contributed by atoms with Crippen LogP contribution in [0.5, 0.6) is 0 Å². The minimum atomic E-state index is -0.206. The number of benzene rings is 2. The monoisotopic (exact) mass is 332 g/mol. The van der Waals surface area contributed by atoms with Crippen LogP contribution in [0.2, 0.25) is 0 Å². The van der Waals surface area contributed by atoms with Crippen LogP contribution in [0.3, 0.4) is 0 Å². The fourth-order valence-corrected chi connectivity index (χ4v) is 2.27. The molecule has 3 nitrogen and oxygen atoms in total. The molecule has 0 bridgehead atoms. The first-order valence-electron chi connectivity index (χ1n) is 6.45. The Balaban J connectivity index is 2.01. The van der Waals surface area contributed by atoms with E-state index in [1.807, 2.05) is 62.4 Å². The molecule has 0 aromatic heterocycles. The molecular formula is C16H17BrN2O. The van der Waals surface area contributed by atoms with Gasteiger partial charge >= 0.3 is 6.03 Å². The summed E-state index contributed by atoms with van der Waals surface area (Å²) in [7, 11) is 0. The smallest absolute Gasteiger partial charge is 0.319 e. The van der Waals surface area contributed by atoms with Crippen molar-refractivity contribution in [3.05, 3.63) is 64.1 Å². The van der Waals surface area contributed by atoms with Gasteiger partial charge in [-0.05, 0) is 37.1 Å². The number of halogens is 1. The Morgan fingerprint density at radius 3 is 2.55 bits per heavy atom. The van der Waals surface area contributed by atoms with Gasteiger partial charge in [0.2, 0.25) is 0 Å². The molecule has 20 heavy (non-hydrogen) atoms. The number of hydrogen-bond donors (Lipinski definition) is 2. The fraction of sp³-hybridized carbons (Fsp3) is 0.188. The predicted molar refractivity (Wildman–Crippen MR) is 85.9 cm³/mol. The zero-order valence-corrected chi connectivity index (χ0v) is 13.1. The highest BCUT2D eigenvalue weighted by Gasteiger charge is 2.10. The third-order valence-electron chi connectivity index (χ3n) is 3.09. The standard InChI is InChI=1S/C16H17BrN2O/c1-11-8-9-14(17)10-15(11)19-16(20)18-12(2)13-6-4-3-5-7-13/h3-10,12H,1-2H3,(H2,18,19,20). The van der Waals surface area contributed by atoms with E-state index in [0.717, 1.165) is 21.3 Å². The van der Waals surface area contributed by atoms with E-state index < -0.39 is 0 Å². The molecule has 0 saturated heterocycles. The third-order valence-corrected chi connectivity index (χ3v) is 3.59. The molecule has 4 heteroatoms. The van der Waals surface area contributed by atoms with E-state index in [9.17, 15) is 4.79 Å². The molecule has 2 aromatic carbocycles. The van der Waals surface area contributed by atoms with E-state index in [2.05, 4.69) is 26.6 Å². The van der Waals surface area contributed by atoms with Crippen LogP contribution >= 0.6 is 15.9 Å². The van der Waals surface area contributed by atoms with Gasteiger partial charge in [0, 0.05) is 10.2 Å². The van der Waals surface area contributed by atoms with Crippen LogP contribution in [0.4, 0.5) is 10.5 Å². The van der Waals surface area contributed by atoms with Gasteiger partial charge < -0.3 is 10.6 Å². The van der Waals surface area contributed by atoms with Crippen molar-refractivity contribution in [2.24, 2.45) is 0 Å². The molecule has 0 radical (unpaired) electrons. The quantitative estimate of drug-likeness (QED) is 0.844. The van der Waals surface area contributed by atoms with Crippen molar-refractivity contribution in [3.8, 4) is 0 Å². The summed E-state index contributed by atoms with van der Waals surface area (Å²) in [6.45, 7) is 3.92. The molecule has 0 saturated carbocycles. The van der Waals surface area contributed by atoms with E-state index in [1.165, 1.54) is 0 Å². The van der Waals surface area contributed by atoms with Crippen molar-refractivity contribution in [1.82, 2.24) is 5.32 Å². The number of hydrogen-bond acceptors (Lipinski definition) is 1. The van der Waals surface area contributed by atoms with Crippen molar-refractivity contribution in [2.45, 2.75) is 19.9 Å². The van der Waals surface area contributed by atoms with Gasteiger partial charge in [0.15, 0.2) is 0 Å². The highest BCUT2D eigenvalue weighted by molar-refractivity contribution is 9.10. The number of carbonyl (C=O) groups is 1. The summed E-state index contributed by atoms with van der Waals surface area (Å²) in [5, 5.41) is 5.80. The molecular weight excluding hydrogens is 316 g/mol. The van der Waals surface area contributed by atoms with E-state index in [-0.39, 0.29) is 12.1 Å². The van der Waals surface area contributed by atoms with Gasteiger partial charge in [0.1, 0.15) is 0 Å². The summed E-state index contributed by atoms with van der Waals surface area (Å²) in [4.78, 5) is 12.0. The summed E-state index contributed by atoms with van der Waals surface area (Å²) in [5.74, 6) is 0. The lowest BCUT2D eigenvalue weighted by Gasteiger charge is -2.16. The molecule has 1 unspecified atom stereocenters. The minimum Gasteiger partial charge on any atom is -0.331 e. The molecule has 2 aromatic rings. The maximum Gasteiger partial charge on any atom is 0.319 e. The van der Waals surface area contributed by atoms with Crippen molar-refractivity contribution in [2.75, 3.05) is 5.32 Å². The summed E-state index contributed by atoms with van der Waals surface area (Å²) >= 11 is 3.40. The van der Waals surface area contributed by atoms with Gasteiger partial charge in [0.05, 0.1) is 6.04 Å². The molecule has 104 valence electrons. The Morgan fingerprint density at radius 1 is 1.15 bits per heavy atom. The number of carbonyl (C=O) groups excluding carboxylic acids is 1. The van der Waals surface area contributed by atoms with Gasteiger partial charge in [-0.15, -0.1) is 0 Å². The van der Waals surface area contributed by atoms with E-state index >= 15 is 0 Å². The zero-order valence-electron chi connectivity index (χ0n) is 11.5. The third kappa shape index (κ3) is 3.84. The first-order chi connectivity index (χ1) is 9.56. The SMILES string of the molecule is Cc1ccc(Br)cc1NC(=O)NC(C)c1ccccc1. The van der Waals surface area contributed by atoms with E-state index in [0.29, 0.717) is 0 Å². The normalized spacial score (nSPS) is 11.8. The highest BCUT2D eigenvalue weighted by Crippen LogP contribution is 2.20. The maximum absolute atomic E-state index is 12.0. The molecule has 0 aliphatic carbocycles. The van der Waals surface area contributed by atoms with Gasteiger partial charge in [0.25, 0.3) is 0 Å². The molecule has 0 fully saturated rings. The Morgan fingerprint density at radius 2 is 1.85 bits per heavy atom. The second-order valence-corrected chi connectivity index (χ2v) is 5.61. The fourth-order valence-electron chi connectivity index (χ4n) is 1.91. The molecule has 0 spiro atoms. The van der Waals surface area contributed by atoms with Crippen LogP contribution in [-0.4, -0.2) is 6.03 Å². The minimum absolute atomic E-state index is 0.0383. The van der Waals surface area contributed by atoms with Crippen LogP contribution in [0, 0.1) is 6.92 Å². The van der Waals surface area contributed by atoms with Crippen molar-refractivity contribution in [1.29, 1.82) is 0 Å². The van der Waals surface area contributed by atoms with Crippen LogP contribution in [-0.2, 0) is 0 Å². The van der Waals surface area contributed by atoms with Crippen molar-refractivity contribution < 1.29 is 4.79 Å². The number of amides is 2. The van der Waals surface area contributed by atoms with Gasteiger partial charge in [-0.1, -0.05) is 52.3 Å². The van der Waals surface area contributed by atoms with E-state index in [4.69, 9.17) is 0 Å². The second kappa shape index (κ2) is 6.57. The Hall–Kier alpha value is -1.81. The zero-order chi connectivity index (χ0) is 14.5. The highest BCUT2D eigenvalue weighted by atomic mass is 79.9. The topological polar surface area (TPSA) is 41.1 Å². The van der Waals surface area contributed by atoms with Crippen molar-refractivity contribution in [3.63, 3.8) is 0 Å². The van der Waals surface area contributed by atoms with Gasteiger partial charge in [-0.25, -0.2) is 4.79 Å². The molecule has 2 N–H and O–H groups in total. The predicted octanol–water partition coefficient (Wildman–Crippen LogP) is 4.64. The number of rotatable bonds is 3. The maximum atomic E-state index is 12.0. The molecule has 1 atom stereocenters. The Labute approximate surface area is 127 Å². The summed E-state index contributed by atoms with van der Waals surface area (Å²) < 4.78 is 0.939. The average Bonchev–Trinajstić information content (AvgIpc) is 2.43. The number of anilines is 1. The van der Waals surface area contributed by atoms with Gasteiger partial charge in [-0.3, -0.25) is 0 Å². The first kappa shape index (κ1) is 14.6. The Bertz CT molecular complexity index is 599. The van der Waals surface area contributed by atoms with Crippen LogP contribution < -0.4 is 10.6 Å². The molecule has 0 aliphatic heterocycles. The lowest BCUT2D eigenvalue weighted by Crippen LogP contribution is -2.31. The van der Waals surface area contributed by atoms with Crippen LogP contribution in [0.1, 0.15) is 24.1 Å². The van der Waals surface area contributed by atoms with Gasteiger partial charge in [-0.2, -0.15) is 0 Å². The molecule has 0 aliphatic rings. The number of nitrogens with one attached hydrogen (secondary N) is 2. The van der Waals surface area contributed by atoms with Crippen LogP contribution in [0.25, 0.3) is 0 Å². The summed E-state index contributed by atoms with van der Waals surface area (Å²) in [5.41, 5.74) is 2.90. The Kier molecular flexibility index (Phi) is 4.79. The van der Waals surface area contributed by atoms with E-state index in [1.54, 1.807) is 0 Å². The molecule has 2 amide bonds. The van der Waals surface area contributed by atoms with Crippen molar-refractivity contribution >= 4 is 27.6 Å². The molecule has 2 rings (SSSR count). The summed E-state index contributed by atoms with van der Waals surface area (Å²) in [6, 6.07) is 15.4. The second-order valence-electron chi connectivity index (χ2n) is 4.69. The van der Waals surface area contributed by atoms with Crippen LogP contribution in [0.15, 0.2) is 53.0 Å². The number of aryl methyl sites for hydroxylation is 1. The largest absolute Gasteiger partial charge is 0.331 e.